The van der Waals surface area contributed by atoms with E-state index < -0.39 is 16.0 Å². The van der Waals surface area contributed by atoms with Crippen LogP contribution in [-0.4, -0.2) is 25.2 Å². The van der Waals surface area contributed by atoms with Crippen LogP contribution in [0, 0.1) is 5.92 Å². The van der Waals surface area contributed by atoms with Crippen LogP contribution in [0.3, 0.4) is 0 Å². The third kappa shape index (κ3) is 5.32. The zero-order chi connectivity index (χ0) is 15.5. The van der Waals surface area contributed by atoms with Crippen LogP contribution in [-0.2, 0) is 14.8 Å². The number of hydrogen-bond donors (Lipinski definition) is 2. The van der Waals surface area contributed by atoms with Crippen molar-refractivity contribution in [3.63, 3.8) is 0 Å². The van der Waals surface area contributed by atoms with Gasteiger partial charge < -0.3 is 5.11 Å². The number of rotatable bonds is 7. The van der Waals surface area contributed by atoms with Crippen molar-refractivity contribution < 1.29 is 18.3 Å². The Morgan fingerprint density at radius 3 is 2.52 bits per heavy atom. The summed E-state index contributed by atoms with van der Waals surface area (Å²) in [5.74, 6) is -0.477. The second kappa shape index (κ2) is 6.41. The van der Waals surface area contributed by atoms with Crippen molar-refractivity contribution in [2.24, 2.45) is 5.92 Å². The molecule has 1 aromatic rings. The lowest BCUT2D eigenvalue weighted by Crippen LogP contribution is -2.29. The van der Waals surface area contributed by atoms with Crippen LogP contribution in [0.1, 0.15) is 36.9 Å². The van der Waals surface area contributed by atoms with E-state index in [4.69, 9.17) is 5.11 Å². The molecule has 0 heterocycles. The van der Waals surface area contributed by atoms with Crippen molar-refractivity contribution >= 4 is 22.1 Å². The minimum Gasteiger partial charge on any atom is -0.478 e. The van der Waals surface area contributed by atoms with Gasteiger partial charge in [-0.1, -0.05) is 24.3 Å². The molecule has 1 aliphatic rings. The summed E-state index contributed by atoms with van der Waals surface area (Å²) < 4.78 is 26.5. The fourth-order valence-electron chi connectivity index (χ4n) is 2.04. The van der Waals surface area contributed by atoms with Gasteiger partial charge in [-0.3, -0.25) is 0 Å². The summed E-state index contributed by atoms with van der Waals surface area (Å²) in [5, 5.41) is 8.56. The molecule has 0 spiro atoms. The summed E-state index contributed by atoms with van der Waals surface area (Å²) in [7, 11) is -3.24. The first-order valence-corrected chi connectivity index (χ1v) is 8.52. The molecule has 2 N–H and O–H groups in total. The molecule has 0 bridgehead atoms. The van der Waals surface area contributed by atoms with Crippen LogP contribution >= 0.6 is 0 Å². The first-order valence-electron chi connectivity index (χ1n) is 6.87. The van der Waals surface area contributed by atoms with Gasteiger partial charge in [-0.2, -0.15) is 0 Å². The SMILES string of the molecule is CC(NS(=O)(=O)CC1CC1)c1ccc(C=CC(=O)O)cc1. The van der Waals surface area contributed by atoms with E-state index in [-0.39, 0.29) is 11.8 Å². The maximum atomic E-state index is 11.9. The Labute approximate surface area is 124 Å². The highest BCUT2D eigenvalue weighted by atomic mass is 32.2. The quantitative estimate of drug-likeness (QED) is 0.756. The van der Waals surface area contributed by atoms with Crippen LogP contribution in [0.5, 0.6) is 0 Å². The Kier molecular flexibility index (Phi) is 4.80. The summed E-state index contributed by atoms with van der Waals surface area (Å²) in [4.78, 5) is 10.4. The van der Waals surface area contributed by atoms with Crippen LogP contribution in [0.4, 0.5) is 0 Å². The van der Waals surface area contributed by atoms with Gasteiger partial charge in [-0.25, -0.2) is 17.9 Å². The average Bonchev–Trinajstić information content (AvgIpc) is 3.19. The smallest absolute Gasteiger partial charge is 0.328 e. The third-order valence-corrected chi connectivity index (χ3v) is 4.99. The van der Waals surface area contributed by atoms with E-state index in [9.17, 15) is 13.2 Å². The van der Waals surface area contributed by atoms with E-state index in [1.165, 1.54) is 6.08 Å². The second-order valence-corrected chi connectivity index (χ2v) is 7.20. The second-order valence-electron chi connectivity index (χ2n) is 5.40. The number of aliphatic carboxylic acids is 1. The van der Waals surface area contributed by atoms with E-state index in [0.717, 1.165) is 30.0 Å². The first kappa shape index (κ1) is 15.7. The molecule has 1 fully saturated rings. The fraction of sp³-hybridized carbons (Fsp3) is 0.400. The summed E-state index contributed by atoms with van der Waals surface area (Å²) >= 11 is 0. The molecular formula is C15H19NO4S. The molecule has 0 aliphatic heterocycles. The van der Waals surface area contributed by atoms with Crippen LogP contribution < -0.4 is 4.72 Å². The van der Waals surface area contributed by atoms with E-state index in [0.29, 0.717) is 5.92 Å². The molecule has 0 saturated heterocycles. The highest BCUT2D eigenvalue weighted by Crippen LogP contribution is 2.30. The largest absolute Gasteiger partial charge is 0.478 e. The number of carbonyl (C=O) groups is 1. The normalized spacial score (nSPS) is 17.0. The Balaban J connectivity index is 1.98. The van der Waals surface area contributed by atoms with Gasteiger partial charge in [0.15, 0.2) is 0 Å². The molecule has 1 aliphatic carbocycles. The molecule has 1 atom stereocenters. The summed E-state index contributed by atoms with van der Waals surface area (Å²) in [6, 6.07) is 6.82. The van der Waals surface area contributed by atoms with Crippen LogP contribution in [0.15, 0.2) is 30.3 Å². The van der Waals surface area contributed by atoms with Gasteiger partial charge in [-0.05, 0) is 42.9 Å². The lowest BCUT2D eigenvalue weighted by atomic mass is 10.1. The molecule has 114 valence electrons. The van der Waals surface area contributed by atoms with Gasteiger partial charge in [-0.15, -0.1) is 0 Å². The zero-order valence-electron chi connectivity index (χ0n) is 11.8. The van der Waals surface area contributed by atoms with E-state index >= 15 is 0 Å². The highest BCUT2D eigenvalue weighted by molar-refractivity contribution is 7.89. The van der Waals surface area contributed by atoms with Gasteiger partial charge in [0.25, 0.3) is 0 Å². The molecule has 5 nitrogen and oxygen atoms in total. The Hall–Kier alpha value is -1.66. The highest BCUT2D eigenvalue weighted by Gasteiger charge is 2.28. The summed E-state index contributed by atoms with van der Waals surface area (Å²) in [6.07, 6.45) is 4.56. The number of hydrogen-bond acceptors (Lipinski definition) is 3. The van der Waals surface area contributed by atoms with Gasteiger partial charge in [0.1, 0.15) is 0 Å². The Morgan fingerprint density at radius 2 is 2.00 bits per heavy atom. The number of nitrogens with one attached hydrogen (secondary N) is 1. The zero-order valence-corrected chi connectivity index (χ0v) is 12.6. The van der Waals surface area contributed by atoms with Crippen LogP contribution in [0.2, 0.25) is 0 Å². The van der Waals surface area contributed by atoms with Crippen molar-refractivity contribution in [3.05, 3.63) is 41.5 Å². The molecule has 1 saturated carbocycles. The minimum atomic E-state index is -3.24. The molecule has 0 amide bonds. The van der Waals surface area contributed by atoms with E-state index in [2.05, 4.69) is 4.72 Å². The maximum Gasteiger partial charge on any atom is 0.328 e. The third-order valence-electron chi connectivity index (χ3n) is 3.36. The number of benzene rings is 1. The molecule has 0 aromatic heterocycles. The maximum absolute atomic E-state index is 11.9. The topological polar surface area (TPSA) is 83.5 Å². The lowest BCUT2D eigenvalue weighted by molar-refractivity contribution is -0.131. The van der Waals surface area contributed by atoms with Gasteiger partial charge in [0, 0.05) is 12.1 Å². The molecule has 0 radical (unpaired) electrons. The number of carboxylic acid groups (broad SMARTS) is 1. The molecular weight excluding hydrogens is 290 g/mol. The van der Waals surface area contributed by atoms with E-state index in [1.54, 1.807) is 31.2 Å². The number of carboxylic acids is 1. The molecule has 2 rings (SSSR count). The summed E-state index contributed by atoms with van der Waals surface area (Å²) in [5.41, 5.74) is 1.61. The molecule has 1 aromatic carbocycles. The van der Waals surface area contributed by atoms with Crippen LogP contribution in [0.25, 0.3) is 6.08 Å². The molecule has 1 unspecified atom stereocenters. The minimum absolute atomic E-state index is 0.205. The average molecular weight is 309 g/mol. The number of sulfonamides is 1. The van der Waals surface area contributed by atoms with Crippen molar-refractivity contribution in [3.8, 4) is 0 Å². The predicted molar refractivity (Wildman–Crippen MR) is 81.2 cm³/mol. The van der Waals surface area contributed by atoms with Crippen molar-refractivity contribution in [1.82, 2.24) is 4.72 Å². The predicted octanol–water partition coefficient (Wildman–Crippen LogP) is 2.17. The van der Waals surface area contributed by atoms with Gasteiger partial charge >= 0.3 is 5.97 Å². The first-order chi connectivity index (χ1) is 9.85. The lowest BCUT2D eigenvalue weighted by Gasteiger charge is -2.14. The van der Waals surface area contributed by atoms with Crippen molar-refractivity contribution in [1.29, 1.82) is 0 Å². The Morgan fingerprint density at radius 1 is 1.38 bits per heavy atom. The van der Waals surface area contributed by atoms with E-state index in [1.807, 2.05) is 0 Å². The standard InChI is InChI=1S/C15H19NO4S/c1-11(16-21(19,20)10-13-2-3-13)14-7-4-12(5-8-14)6-9-15(17)18/h4-9,11,13,16H,2-3,10H2,1H3,(H,17,18). The van der Waals surface area contributed by atoms with Crippen molar-refractivity contribution in [2.75, 3.05) is 5.75 Å². The fourth-order valence-corrected chi connectivity index (χ4v) is 3.77. The van der Waals surface area contributed by atoms with Gasteiger partial charge in [0.05, 0.1) is 5.75 Å². The summed E-state index contributed by atoms with van der Waals surface area (Å²) in [6.45, 7) is 1.80. The monoisotopic (exact) mass is 309 g/mol. The Bertz CT molecular complexity index is 630. The van der Waals surface area contributed by atoms with Crippen molar-refractivity contribution in [2.45, 2.75) is 25.8 Å². The molecule has 21 heavy (non-hydrogen) atoms. The van der Waals surface area contributed by atoms with Gasteiger partial charge in [0.2, 0.25) is 10.0 Å². The molecule has 6 heteroatoms.